The average molecular weight is 575 g/mol. The third-order valence-electron chi connectivity index (χ3n) is 10.7. The van der Waals surface area contributed by atoms with Crippen molar-refractivity contribution in [3.8, 4) is 22.6 Å². The number of phenolic OH excluding ortho intramolecular Hbond substituents is 2. The second-order valence-electron chi connectivity index (χ2n) is 13.1. The van der Waals surface area contributed by atoms with Crippen LogP contribution in [0.25, 0.3) is 11.1 Å². The van der Waals surface area contributed by atoms with Crippen molar-refractivity contribution in [3.63, 3.8) is 0 Å². The fourth-order valence-corrected chi connectivity index (χ4v) is 7.20. The molecule has 4 aromatic rings. The maximum absolute atomic E-state index is 11.7. The van der Waals surface area contributed by atoms with Gasteiger partial charge in [-0.1, -0.05) is 128 Å². The third kappa shape index (κ3) is 4.88. The number of aromatic hydroxyl groups is 2. The number of phenols is 2. The molecule has 0 fully saturated rings. The summed E-state index contributed by atoms with van der Waals surface area (Å²) in [5, 5.41) is 23.4. The quantitative estimate of drug-likeness (QED) is 0.174. The maximum Gasteiger partial charge on any atom is 0.122 e. The first kappa shape index (κ1) is 30.9. The smallest absolute Gasteiger partial charge is 0.122 e. The number of hydrogen-bond donors (Lipinski definition) is 2. The zero-order valence-corrected chi connectivity index (χ0v) is 27.5. The van der Waals surface area contributed by atoms with Gasteiger partial charge in [0.25, 0.3) is 0 Å². The summed E-state index contributed by atoms with van der Waals surface area (Å²) in [6, 6.07) is 26.9. The summed E-state index contributed by atoms with van der Waals surface area (Å²) in [5.41, 5.74) is 11.0. The molecule has 1 aliphatic carbocycles. The lowest BCUT2D eigenvalue weighted by Gasteiger charge is -2.37. The summed E-state index contributed by atoms with van der Waals surface area (Å²) in [7, 11) is 0. The summed E-state index contributed by atoms with van der Waals surface area (Å²) in [5.74, 6) is 1.79. The molecule has 2 N–H and O–H groups in total. The molecule has 4 unspecified atom stereocenters. The molecule has 0 heterocycles. The van der Waals surface area contributed by atoms with Crippen molar-refractivity contribution < 1.29 is 10.2 Å². The van der Waals surface area contributed by atoms with Crippen molar-refractivity contribution >= 4 is 0 Å². The topological polar surface area (TPSA) is 40.5 Å². The lowest BCUT2D eigenvalue weighted by Crippen LogP contribution is -2.30. The molecule has 4 aromatic carbocycles. The van der Waals surface area contributed by atoms with E-state index in [0.717, 1.165) is 47.9 Å². The predicted octanol–water partition coefficient (Wildman–Crippen LogP) is 11.5. The molecule has 43 heavy (non-hydrogen) atoms. The van der Waals surface area contributed by atoms with Crippen molar-refractivity contribution in [1.29, 1.82) is 0 Å². The minimum absolute atomic E-state index is 0.220. The first-order chi connectivity index (χ1) is 20.6. The molecule has 2 nitrogen and oxygen atoms in total. The highest BCUT2D eigenvalue weighted by Gasteiger charge is 2.47. The van der Waals surface area contributed by atoms with Crippen molar-refractivity contribution in [3.05, 3.63) is 117 Å². The molecule has 0 saturated carbocycles. The lowest BCUT2D eigenvalue weighted by molar-refractivity contribution is 0.447. The minimum atomic E-state index is -0.594. The first-order valence-electron chi connectivity index (χ1n) is 16.6. The van der Waals surface area contributed by atoms with E-state index in [1.54, 1.807) is 0 Å². The molecule has 2 heteroatoms. The molecule has 5 rings (SSSR count). The number of fused-ring (bicyclic) bond motifs is 3. The van der Waals surface area contributed by atoms with Gasteiger partial charge in [-0.05, 0) is 105 Å². The number of hydrogen-bond acceptors (Lipinski definition) is 2. The van der Waals surface area contributed by atoms with E-state index < -0.39 is 5.41 Å². The van der Waals surface area contributed by atoms with Crippen molar-refractivity contribution in [2.75, 3.05) is 0 Å². The van der Waals surface area contributed by atoms with Gasteiger partial charge in [-0.15, -0.1) is 0 Å². The molecule has 0 radical (unpaired) electrons. The molecule has 0 bridgehead atoms. The van der Waals surface area contributed by atoms with Gasteiger partial charge in [-0.25, -0.2) is 0 Å². The van der Waals surface area contributed by atoms with Gasteiger partial charge < -0.3 is 10.2 Å². The highest BCUT2D eigenvalue weighted by atomic mass is 16.3. The Morgan fingerprint density at radius 1 is 0.488 bits per heavy atom. The predicted molar refractivity (Wildman–Crippen MR) is 182 cm³/mol. The van der Waals surface area contributed by atoms with Crippen LogP contribution in [0.5, 0.6) is 11.5 Å². The number of rotatable bonds is 10. The van der Waals surface area contributed by atoms with E-state index in [-0.39, 0.29) is 23.7 Å². The van der Waals surface area contributed by atoms with Crippen LogP contribution < -0.4 is 0 Å². The molecule has 0 spiro atoms. The highest BCUT2D eigenvalue weighted by Crippen LogP contribution is 2.58. The van der Waals surface area contributed by atoms with Crippen LogP contribution in [-0.2, 0) is 5.41 Å². The minimum Gasteiger partial charge on any atom is -0.507 e. The first-order valence-corrected chi connectivity index (χ1v) is 16.6. The van der Waals surface area contributed by atoms with Gasteiger partial charge in [-0.2, -0.15) is 0 Å². The zero-order chi connectivity index (χ0) is 31.1. The van der Waals surface area contributed by atoms with Crippen LogP contribution in [0.1, 0.15) is 149 Å². The third-order valence-corrected chi connectivity index (χ3v) is 10.7. The Labute approximate surface area is 259 Å². The summed E-state index contributed by atoms with van der Waals surface area (Å²) < 4.78 is 0. The SMILES string of the molecule is CCC(C)c1cc(C2(c3cc(C(C)CC)c(O)c(C(C)CC)c3)c3ccccc3-c3ccccc32)cc(C(C)CC)c1O. The van der Waals surface area contributed by atoms with Crippen LogP contribution in [0.15, 0.2) is 72.8 Å². The van der Waals surface area contributed by atoms with Crippen LogP contribution in [-0.4, -0.2) is 10.2 Å². The molecule has 0 saturated heterocycles. The van der Waals surface area contributed by atoms with E-state index in [0.29, 0.717) is 11.5 Å². The van der Waals surface area contributed by atoms with Gasteiger partial charge in [0.05, 0.1) is 5.41 Å². The molecule has 1 aliphatic rings. The Bertz CT molecular complexity index is 1430. The van der Waals surface area contributed by atoms with E-state index in [1.165, 1.54) is 33.4 Å². The Hall–Kier alpha value is -3.52. The summed E-state index contributed by atoms with van der Waals surface area (Å²) >= 11 is 0. The standard InChI is InChI=1S/C41H50O2/c1-9-25(5)33-21-29(22-34(39(33)42)26(6)10-2)41(37-19-15-13-17-31(37)32-18-14-16-20-38(32)41)30-23-35(27(7)11-3)40(43)36(24-30)28(8)12-4/h13-28,42-43H,9-12H2,1-8H3. The van der Waals surface area contributed by atoms with Gasteiger partial charge in [0.1, 0.15) is 11.5 Å². The van der Waals surface area contributed by atoms with Crippen LogP contribution in [0.2, 0.25) is 0 Å². The summed E-state index contributed by atoms with van der Waals surface area (Å²) in [6.07, 6.45) is 3.80. The summed E-state index contributed by atoms with van der Waals surface area (Å²) in [4.78, 5) is 0. The molecule has 4 atom stereocenters. The van der Waals surface area contributed by atoms with Gasteiger partial charge in [0.2, 0.25) is 0 Å². The Kier molecular flexibility index (Phi) is 8.80. The van der Waals surface area contributed by atoms with E-state index in [4.69, 9.17) is 0 Å². The maximum atomic E-state index is 11.7. The molecular formula is C41H50O2. The fourth-order valence-electron chi connectivity index (χ4n) is 7.20. The molecular weight excluding hydrogens is 524 g/mol. The zero-order valence-electron chi connectivity index (χ0n) is 27.5. The van der Waals surface area contributed by atoms with E-state index in [9.17, 15) is 10.2 Å². The van der Waals surface area contributed by atoms with Crippen LogP contribution in [0, 0.1) is 0 Å². The lowest BCUT2D eigenvalue weighted by atomic mass is 9.65. The van der Waals surface area contributed by atoms with Crippen molar-refractivity contribution in [1.82, 2.24) is 0 Å². The Morgan fingerprint density at radius 2 is 0.767 bits per heavy atom. The van der Waals surface area contributed by atoms with Gasteiger partial charge in [0, 0.05) is 0 Å². The summed E-state index contributed by atoms with van der Waals surface area (Å²) in [6.45, 7) is 17.7. The van der Waals surface area contributed by atoms with Crippen LogP contribution >= 0.6 is 0 Å². The Morgan fingerprint density at radius 3 is 1.05 bits per heavy atom. The largest absolute Gasteiger partial charge is 0.507 e. The van der Waals surface area contributed by atoms with Gasteiger partial charge >= 0.3 is 0 Å². The highest BCUT2D eigenvalue weighted by molar-refractivity contribution is 5.86. The van der Waals surface area contributed by atoms with E-state index >= 15 is 0 Å². The molecule has 0 aromatic heterocycles. The fraction of sp³-hybridized carbons (Fsp3) is 0.415. The second kappa shape index (κ2) is 12.2. The molecule has 0 amide bonds. The van der Waals surface area contributed by atoms with Crippen LogP contribution in [0.4, 0.5) is 0 Å². The Balaban J connectivity index is 2.01. The van der Waals surface area contributed by atoms with Gasteiger partial charge in [-0.3, -0.25) is 0 Å². The van der Waals surface area contributed by atoms with E-state index in [1.807, 2.05) is 0 Å². The molecule has 226 valence electrons. The average Bonchev–Trinajstić information content (AvgIpc) is 3.34. The normalized spacial score (nSPS) is 16.3. The molecule has 0 aliphatic heterocycles. The monoisotopic (exact) mass is 574 g/mol. The van der Waals surface area contributed by atoms with Crippen molar-refractivity contribution in [2.45, 2.75) is 110 Å². The van der Waals surface area contributed by atoms with E-state index in [2.05, 4.69) is 128 Å². The second-order valence-corrected chi connectivity index (χ2v) is 13.1. The van der Waals surface area contributed by atoms with Gasteiger partial charge in [0.15, 0.2) is 0 Å². The number of benzene rings is 4. The van der Waals surface area contributed by atoms with Crippen molar-refractivity contribution in [2.24, 2.45) is 0 Å². The van der Waals surface area contributed by atoms with Crippen LogP contribution in [0.3, 0.4) is 0 Å².